The van der Waals surface area contributed by atoms with Crippen molar-refractivity contribution in [1.29, 1.82) is 0 Å². The molecule has 1 aliphatic rings. The number of amides is 1. The van der Waals surface area contributed by atoms with Crippen molar-refractivity contribution in [2.45, 2.75) is 12.8 Å². The van der Waals surface area contributed by atoms with Gasteiger partial charge in [-0.2, -0.15) is 0 Å². The molecule has 126 valence electrons. The highest BCUT2D eigenvalue weighted by Gasteiger charge is 2.26. The number of carbonyl (C=O) groups excluding carboxylic acids is 1. The van der Waals surface area contributed by atoms with Gasteiger partial charge in [-0.25, -0.2) is 8.78 Å². The van der Waals surface area contributed by atoms with Crippen LogP contribution >= 0.6 is 0 Å². The summed E-state index contributed by atoms with van der Waals surface area (Å²) >= 11 is 0. The molecule has 1 saturated heterocycles. The Balaban J connectivity index is 1.47. The van der Waals surface area contributed by atoms with Crippen LogP contribution in [0.5, 0.6) is 5.75 Å². The summed E-state index contributed by atoms with van der Waals surface area (Å²) in [6.07, 6.45) is 1.73. The largest absolute Gasteiger partial charge is 0.494 e. The quantitative estimate of drug-likeness (QED) is 0.832. The number of likely N-dealkylation sites (tertiary alicyclic amines) is 1. The first-order chi connectivity index (χ1) is 11.6. The highest BCUT2D eigenvalue weighted by Crippen LogP contribution is 2.22. The number of hydrogen-bond acceptors (Lipinski definition) is 2. The number of halogens is 2. The Hall–Kier alpha value is -2.43. The molecule has 0 N–H and O–H groups in total. The topological polar surface area (TPSA) is 29.5 Å². The molecule has 2 aromatic carbocycles. The zero-order valence-electron chi connectivity index (χ0n) is 13.3. The van der Waals surface area contributed by atoms with E-state index in [4.69, 9.17) is 4.74 Å². The third-order valence-corrected chi connectivity index (χ3v) is 4.25. The van der Waals surface area contributed by atoms with Crippen molar-refractivity contribution in [2.75, 3.05) is 19.7 Å². The Bertz CT molecular complexity index is 703. The monoisotopic (exact) mass is 331 g/mol. The van der Waals surface area contributed by atoms with E-state index in [1.54, 1.807) is 29.2 Å². The van der Waals surface area contributed by atoms with E-state index in [-0.39, 0.29) is 11.7 Å². The van der Waals surface area contributed by atoms with Crippen LogP contribution in [0.4, 0.5) is 8.78 Å². The van der Waals surface area contributed by atoms with Gasteiger partial charge in [-0.15, -0.1) is 0 Å². The lowest BCUT2D eigenvalue weighted by atomic mass is 10.1. The van der Waals surface area contributed by atoms with Gasteiger partial charge in [0.15, 0.2) is 0 Å². The van der Waals surface area contributed by atoms with E-state index in [9.17, 15) is 13.6 Å². The minimum absolute atomic E-state index is 0.128. The highest BCUT2D eigenvalue weighted by atomic mass is 19.1. The third kappa shape index (κ3) is 4.10. The van der Waals surface area contributed by atoms with Crippen molar-refractivity contribution in [3.8, 4) is 5.75 Å². The molecule has 0 saturated carbocycles. The number of hydrogen-bond donors (Lipinski definition) is 0. The van der Waals surface area contributed by atoms with E-state index in [1.807, 2.05) is 0 Å². The number of nitrogens with zero attached hydrogens (tertiary/aromatic N) is 1. The predicted octanol–water partition coefficient (Wildman–Crippen LogP) is 3.90. The first kappa shape index (κ1) is 16.4. The molecule has 0 radical (unpaired) electrons. The van der Waals surface area contributed by atoms with Crippen molar-refractivity contribution >= 4 is 5.91 Å². The van der Waals surface area contributed by atoms with E-state index >= 15 is 0 Å². The van der Waals surface area contributed by atoms with Crippen molar-refractivity contribution in [3.05, 3.63) is 65.7 Å². The molecule has 2 aromatic rings. The van der Waals surface area contributed by atoms with E-state index in [0.717, 1.165) is 12.8 Å². The zero-order chi connectivity index (χ0) is 16.9. The molecule has 1 aliphatic heterocycles. The van der Waals surface area contributed by atoms with E-state index in [0.29, 0.717) is 36.9 Å². The second-order valence-electron chi connectivity index (χ2n) is 6.01. The maximum Gasteiger partial charge on any atom is 0.253 e. The molecule has 0 spiro atoms. The van der Waals surface area contributed by atoms with Gasteiger partial charge in [-0.05, 0) is 61.2 Å². The number of carbonyl (C=O) groups is 1. The molecule has 3 rings (SSSR count). The average molecular weight is 331 g/mol. The van der Waals surface area contributed by atoms with Gasteiger partial charge in [0.05, 0.1) is 6.61 Å². The second kappa shape index (κ2) is 7.43. The maximum atomic E-state index is 13.2. The van der Waals surface area contributed by atoms with Gasteiger partial charge in [-0.1, -0.05) is 6.07 Å². The van der Waals surface area contributed by atoms with Crippen LogP contribution in [0, 0.1) is 17.6 Å². The summed E-state index contributed by atoms with van der Waals surface area (Å²) in [6.45, 7) is 1.86. The standard InChI is InChI=1S/C19H19F2NO2/c20-16-4-6-18(7-5-16)24-11-9-14-8-10-22(13-14)19(23)15-2-1-3-17(21)12-15/h1-7,12,14H,8-11,13H2. The first-order valence-electron chi connectivity index (χ1n) is 8.05. The predicted molar refractivity (Wildman–Crippen MR) is 86.9 cm³/mol. The fourth-order valence-corrected chi connectivity index (χ4v) is 2.93. The Morgan fingerprint density at radius 1 is 1.12 bits per heavy atom. The summed E-state index contributed by atoms with van der Waals surface area (Å²) in [4.78, 5) is 14.1. The van der Waals surface area contributed by atoms with E-state index in [2.05, 4.69) is 0 Å². The summed E-state index contributed by atoms with van der Waals surface area (Å²) in [6, 6.07) is 11.7. The van der Waals surface area contributed by atoms with Crippen LogP contribution in [0.25, 0.3) is 0 Å². The molecule has 1 fully saturated rings. The summed E-state index contributed by atoms with van der Waals surface area (Å²) in [5, 5.41) is 0. The fraction of sp³-hybridized carbons (Fsp3) is 0.316. The number of benzene rings is 2. The third-order valence-electron chi connectivity index (χ3n) is 4.25. The molecule has 0 bridgehead atoms. The van der Waals surface area contributed by atoms with E-state index < -0.39 is 5.82 Å². The summed E-state index contributed by atoms with van der Waals surface area (Å²) in [7, 11) is 0. The molecule has 1 heterocycles. The Kier molecular flexibility index (Phi) is 5.08. The van der Waals surface area contributed by atoms with Crippen LogP contribution in [0.1, 0.15) is 23.2 Å². The lowest BCUT2D eigenvalue weighted by molar-refractivity contribution is 0.0784. The fourth-order valence-electron chi connectivity index (χ4n) is 2.93. The van der Waals surface area contributed by atoms with Gasteiger partial charge < -0.3 is 9.64 Å². The van der Waals surface area contributed by atoms with Crippen LogP contribution in [0.15, 0.2) is 48.5 Å². The number of ether oxygens (including phenoxy) is 1. The number of rotatable bonds is 5. The van der Waals surface area contributed by atoms with Gasteiger partial charge in [0.1, 0.15) is 17.4 Å². The van der Waals surface area contributed by atoms with Gasteiger partial charge in [0.2, 0.25) is 0 Å². The molecule has 1 amide bonds. The smallest absolute Gasteiger partial charge is 0.253 e. The van der Waals surface area contributed by atoms with Crippen molar-refractivity contribution in [2.24, 2.45) is 5.92 Å². The van der Waals surface area contributed by atoms with Crippen LogP contribution < -0.4 is 4.74 Å². The SMILES string of the molecule is O=C(c1cccc(F)c1)N1CCC(CCOc2ccc(F)cc2)C1. The highest BCUT2D eigenvalue weighted by molar-refractivity contribution is 5.94. The van der Waals surface area contributed by atoms with Crippen LogP contribution in [-0.4, -0.2) is 30.5 Å². The Labute approximate surface area is 139 Å². The second-order valence-corrected chi connectivity index (χ2v) is 6.01. The van der Waals surface area contributed by atoms with Crippen LogP contribution in [0.2, 0.25) is 0 Å². The first-order valence-corrected chi connectivity index (χ1v) is 8.05. The van der Waals surface area contributed by atoms with Gasteiger partial charge >= 0.3 is 0 Å². The molecule has 0 aliphatic carbocycles. The molecule has 24 heavy (non-hydrogen) atoms. The lowest BCUT2D eigenvalue weighted by Crippen LogP contribution is -2.28. The van der Waals surface area contributed by atoms with Gasteiger partial charge in [0, 0.05) is 18.7 Å². The zero-order valence-corrected chi connectivity index (χ0v) is 13.3. The van der Waals surface area contributed by atoms with Crippen molar-refractivity contribution in [1.82, 2.24) is 4.90 Å². The van der Waals surface area contributed by atoms with Crippen LogP contribution in [0.3, 0.4) is 0 Å². The van der Waals surface area contributed by atoms with Gasteiger partial charge in [0.25, 0.3) is 5.91 Å². The summed E-state index contributed by atoms with van der Waals surface area (Å²) in [5.74, 6) is 0.190. The van der Waals surface area contributed by atoms with Crippen molar-refractivity contribution < 1.29 is 18.3 Å². The molecule has 5 heteroatoms. The molecule has 0 aromatic heterocycles. The molecular formula is C19H19F2NO2. The molecule has 3 nitrogen and oxygen atoms in total. The molecule has 1 unspecified atom stereocenters. The summed E-state index contributed by atoms with van der Waals surface area (Å²) in [5.41, 5.74) is 0.387. The molecule has 1 atom stereocenters. The Morgan fingerprint density at radius 2 is 1.92 bits per heavy atom. The normalized spacial score (nSPS) is 17.1. The Morgan fingerprint density at radius 3 is 2.67 bits per heavy atom. The van der Waals surface area contributed by atoms with Gasteiger partial charge in [-0.3, -0.25) is 4.79 Å². The summed E-state index contributed by atoms with van der Waals surface area (Å²) < 4.78 is 31.7. The van der Waals surface area contributed by atoms with Crippen molar-refractivity contribution in [3.63, 3.8) is 0 Å². The maximum absolute atomic E-state index is 13.2. The molecular weight excluding hydrogens is 312 g/mol. The van der Waals surface area contributed by atoms with Crippen LogP contribution in [-0.2, 0) is 0 Å². The minimum atomic E-state index is -0.399. The van der Waals surface area contributed by atoms with E-state index in [1.165, 1.54) is 24.3 Å². The average Bonchev–Trinajstić information content (AvgIpc) is 3.05. The lowest BCUT2D eigenvalue weighted by Gasteiger charge is -2.17. The minimum Gasteiger partial charge on any atom is -0.494 e.